The fourth-order valence-electron chi connectivity index (χ4n) is 8.51. The molecule has 2 fully saturated rings. The molecule has 3 aromatic rings. The Hall–Kier alpha value is -3.01. The van der Waals surface area contributed by atoms with Crippen LogP contribution in [0.5, 0.6) is 5.88 Å². The molecule has 2 aliphatic heterocycles. The molecule has 1 spiro atoms. The number of fused-ring (bicyclic) bond motifs is 4. The molecule has 8 nitrogen and oxygen atoms in total. The number of aryl methyl sites for hydroxylation is 2. The number of likely N-dealkylation sites (tertiary alicyclic amines) is 1. The van der Waals surface area contributed by atoms with Gasteiger partial charge in [0.15, 0.2) is 0 Å². The third-order valence-electron chi connectivity index (χ3n) is 10.7. The van der Waals surface area contributed by atoms with Gasteiger partial charge in [0, 0.05) is 30.7 Å². The number of piperidine rings is 1. The van der Waals surface area contributed by atoms with E-state index in [4.69, 9.17) is 9.47 Å². The molecule has 0 amide bonds. The van der Waals surface area contributed by atoms with Crippen LogP contribution >= 0.6 is 0 Å². The number of nitrogens with zero attached hydrogens (tertiary/aromatic N) is 3. The topological polar surface area (TPSA) is 93.7 Å². The van der Waals surface area contributed by atoms with Crippen molar-refractivity contribution in [3.8, 4) is 17.1 Å². The molecule has 46 heavy (non-hydrogen) atoms. The van der Waals surface area contributed by atoms with E-state index >= 15 is 0 Å². The third-order valence-corrected chi connectivity index (χ3v) is 12.1. The molecule has 1 aliphatic carbocycles. The molecule has 0 radical (unpaired) electrons. The summed E-state index contributed by atoms with van der Waals surface area (Å²) in [6, 6.07) is 16.0. The van der Waals surface area contributed by atoms with Crippen LogP contribution < -0.4 is 9.46 Å². The molecular weight excluding hydrogens is 596 g/mol. The van der Waals surface area contributed by atoms with Gasteiger partial charge in [-0.2, -0.15) is 4.98 Å². The van der Waals surface area contributed by atoms with E-state index in [-0.39, 0.29) is 22.7 Å². The predicted octanol–water partition coefficient (Wildman–Crippen LogP) is 7.23. The average Bonchev–Trinajstić information content (AvgIpc) is 2.99. The highest BCUT2D eigenvalue weighted by Gasteiger charge is 2.50. The summed E-state index contributed by atoms with van der Waals surface area (Å²) in [5.41, 5.74) is 5.18. The normalized spacial score (nSPS) is 23.5. The smallest absolute Gasteiger partial charge is 0.264 e. The Balaban J connectivity index is 1.34. The van der Waals surface area contributed by atoms with E-state index in [1.807, 2.05) is 50.2 Å². The molecule has 1 N–H and O–H groups in total. The van der Waals surface area contributed by atoms with Crippen molar-refractivity contribution in [3.05, 3.63) is 65.2 Å². The highest BCUT2D eigenvalue weighted by atomic mass is 32.2. The molecule has 2 unspecified atom stereocenters. The summed E-state index contributed by atoms with van der Waals surface area (Å²) < 4.78 is 42.3. The maximum atomic E-state index is 13.8. The fraction of sp³-hybridized carbons (Fsp3) is 0.568. The predicted molar refractivity (Wildman–Crippen MR) is 183 cm³/mol. The van der Waals surface area contributed by atoms with Crippen LogP contribution in [0.1, 0.15) is 75.5 Å². The van der Waals surface area contributed by atoms with E-state index < -0.39 is 10.0 Å². The number of anilines is 1. The second-order valence-electron chi connectivity index (χ2n) is 14.6. The van der Waals surface area contributed by atoms with Crippen LogP contribution in [0, 0.1) is 37.0 Å². The van der Waals surface area contributed by atoms with E-state index in [0.717, 1.165) is 48.4 Å². The van der Waals surface area contributed by atoms with Gasteiger partial charge in [-0.25, -0.2) is 18.1 Å². The molecule has 1 aromatic heterocycles. The molecule has 2 aromatic carbocycles. The largest absolute Gasteiger partial charge is 0.477 e. The maximum absolute atomic E-state index is 13.8. The van der Waals surface area contributed by atoms with Crippen LogP contribution in [0.4, 0.5) is 5.95 Å². The first kappa shape index (κ1) is 32.9. The molecular formula is C37H50N4O4S. The Labute approximate surface area is 275 Å². The number of ether oxygens (including phenoxy) is 2. The SMILES string of the molecule is COCC(C)N1CCC2(CC1)CC(C1c3cccc(c3)S(=O)(=O)Nc3nc(cc(-c4c(C)cccc4C)n3)OC[C@H]1CC(C)C)C2. The van der Waals surface area contributed by atoms with Crippen molar-refractivity contribution >= 4 is 16.0 Å². The summed E-state index contributed by atoms with van der Waals surface area (Å²) in [6.07, 6.45) is 5.73. The first-order valence-electron chi connectivity index (χ1n) is 16.9. The summed E-state index contributed by atoms with van der Waals surface area (Å²) >= 11 is 0. The average molecular weight is 647 g/mol. The van der Waals surface area contributed by atoms with Crippen LogP contribution in [0.2, 0.25) is 0 Å². The molecule has 3 atom stereocenters. The van der Waals surface area contributed by atoms with Gasteiger partial charge in [0.1, 0.15) is 0 Å². The minimum absolute atomic E-state index is 0.0187. The Morgan fingerprint density at radius 3 is 2.39 bits per heavy atom. The lowest BCUT2D eigenvalue weighted by molar-refractivity contribution is -0.0489. The lowest BCUT2D eigenvalue weighted by Gasteiger charge is -2.56. The number of methoxy groups -OCH3 is 1. The van der Waals surface area contributed by atoms with Crippen molar-refractivity contribution in [2.24, 2.45) is 23.2 Å². The summed E-state index contributed by atoms with van der Waals surface area (Å²) in [6.45, 7) is 14.4. The number of benzene rings is 2. The second kappa shape index (κ2) is 13.2. The molecule has 6 rings (SSSR count). The van der Waals surface area contributed by atoms with E-state index in [1.54, 1.807) is 13.2 Å². The third kappa shape index (κ3) is 6.83. The number of hydrogen-bond acceptors (Lipinski definition) is 7. The van der Waals surface area contributed by atoms with Gasteiger partial charge in [0.2, 0.25) is 11.8 Å². The first-order valence-corrected chi connectivity index (χ1v) is 18.4. The minimum atomic E-state index is -3.94. The standard InChI is InChI=1S/C37H50N4O4S/c1-24(2)17-29-23-45-33-19-32(34-25(3)9-7-10-26(34)4)38-36(39-33)40-46(42,43)31-12-8-11-28(18-31)35(29)30-20-37(21-30)13-15-41(16-14-37)27(5)22-44-6/h7-12,18-19,24,27,29-30,35H,13-17,20-23H2,1-6H3,(H,38,39,40)/t27?,29-,35?/m1/s1. The van der Waals surface area contributed by atoms with Gasteiger partial charge >= 0.3 is 0 Å². The van der Waals surface area contributed by atoms with Gasteiger partial charge in [0.25, 0.3) is 10.0 Å². The zero-order valence-electron chi connectivity index (χ0n) is 28.3. The van der Waals surface area contributed by atoms with E-state index in [2.05, 4.69) is 46.4 Å². The van der Waals surface area contributed by atoms with Crippen molar-refractivity contribution in [2.45, 2.75) is 83.6 Å². The van der Waals surface area contributed by atoms with E-state index in [0.29, 0.717) is 41.5 Å². The van der Waals surface area contributed by atoms with Crippen LogP contribution in [-0.2, 0) is 14.8 Å². The van der Waals surface area contributed by atoms with Gasteiger partial charge < -0.3 is 9.47 Å². The highest BCUT2D eigenvalue weighted by Crippen LogP contribution is 2.59. The second-order valence-corrected chi connectivity index (χ2v) is 16.3. The van der Waals surface area contributed by atoms with Gasteiger partial charge in [-0.3, -0.25) is 4.90 Å². The highest BCUT2D eigenvalue weighted by molar-refractivity contribution is 7.92. The van der Waals surface area contributed by atoms with Crippen molar-refractivity contribution in [2.75, 3.05) is 38.1 Å². The van der Waals surface area contributed by atoms with Crippen molar-refractivity contribution in [1.29, 1.82) is 0 Å². The Morgan fingerprint density at radius 1 is 1.02 bits per heavy atom. The maximum Gasteiger partial charge on any atom is 0.264 e. The molecule has 248 valence electrons. The first-order chi connectivity index (χ1) is 22.0. The number of nitrogens with one attached hydrogen (secondary N) is 1. The molecule has 1 saturated carbocycles. The molecule has 3 heterocycles. The molecule has 3 aliphatic rings. The summed E-state index contributed by atoms with van der Waals surface area (Å²) in [7, 11) is -2.16. The Morgan fingerprint density at radius 2 is 1.72 bits per heavy atom. The Bertz CT molecular complexity index is 1620. The summed E-state index contributed by atoms with van der Waals surface area (Å²) in [5.74, 6) is 1.73. The lowest BCUT2D eigenvalue weighted by Crippen LogP contribution is -2.51. The quantitative estimate of drug-likeness (QED) is 0.290. The Kier molecular flexibility index (Phi) is 9.47. The molecule has 9 heteroatoms. The van der Waals surface area contributed by atoms with Crippen LogP contribution in [-0.4, -0.2) is 62.7 Å². The van der Waals surface area contributed by atoms with Gasteiger partial charge in [-0.05, 0) is 118 Å². The van der Waals surface area contributed by atoms with Crippen molar-refractivity contribution < 1.29 is 17.9 Å². The van der Waals surface area contributed by atoms with Crippen molar-refractivity contribution in [1.82, 2.24) is 14.9 Å². The van der Waals surface area contributed by atoms with Crippen molar-refractivity contribution in [3.63, 3.8) is 0 Å². The van der Waals surface area contributed by atoms with E-state index in [1.165, 1.54) is 25.7 Å². The van der Waals surface area contributed by atoms with Crippen LogP contribution in [0.15, 0.2) is 53.4 Å². The monoisotopic (exact) mass is 646 g/mol. The number of hydrogen-bond donors (Lipinski definition) is 1. The number of aromatic nitrogens is 2. The van der Waals surface area contributed by atoms with Gasteiger partial charge in [-0.1, -0.05) is 44.2 Å². The number of rotatable bonds is 7. The summed E-state index contributed by atoms with van der Waals surface area (Å²) in [4.78, 5) is 12.1. The van der Waals surface area contributed by atoms with Gasteiger partial charge in [0.05, 0.1) is 23.8 Å². The lowest BCUT2D eigenvalue weighted by atomic mass is 9.52. The van der Waals surface area contributed by atoms with Crippen LogP contribution in [0.3, 0.4) is 0 Å². The van der Waals surface area contributed by atoms with E-state index in [9.17, 15) is 8.42 Å². The minimum Gasteiger partial charge on any atom is -0.477 e. The number of sulfonamides is 1. The summed E-state index contributed by atoms with van der Waals surface area (Å²) in [5, 5.41) is 0. The van der Waals surface area contributed by atoms with Crippen LogP contribution in [0.25, 0.3) is 11.3 Å². The molecule has 4 bridgehead atoms. The van der Waals surface area contributed by atoms with Gasteiger partial charge in [-0.15, -0.1) is 0 Å². The zero-order valence-corrected chi connectivity index (χ0v) is 29.1. The fourth-order valence-corrected chi connectivity index (χ4v) is 9.50. The molecule has 1 saturated heterocycles. The zero-order chi connectivity index (χ0) is 32.6.